The summed E-state index contributed by atoms with van der Waals surface area (Å²) in [7, 11) is 0. The van der Waals surface area contributed by atoms with E-state index in [-0.39, 0.29) is 29.6 Å². The van der Waals surface area contributed by atoms with Crippen molar-refractivity contribution in [3.05, 3.63) is 35.2 Å². The minimum atomic E-state index is -0.299. The summed E-state index contributed by atoms with van der Waals surface area (Å²) in [5, 5.41) is 6.67. The van der Waals surface area contributed by atoms with Gasteiger partial charge in [0.05, 0.1) is 17.4 Å². The molecule has 0 aliphatic carbocycles. The van der Waals surface area contributed by atoms with Gasteiger partial charge in [0, 0.05) is 30.3 Å². The molecule has 2 unspecified atom stereocenters. The van der Waals surface area contributed by atoms with E-state index >= 15 is 0 Å². The van der Waals surface area contributed by atoms with Gasteiger partial charge in [-0.2, -0.15) is 0 Å². The Bertz CT molecular complexity index is 611. The molecule has 3 rings (SSSR count). The summed E-state index contributed by atoms with van der Waals surface area (Å²) >= 11 is 0. The van der Waals surface area contributed by atoms with Gasteiger partial charge in [-0.15, -0.1) is 0 Å². The zero-order valence-corrected chi connectivity index (χ0v) is 13.5. The first kappa shape index (κ1) is 14.9. The monoisotopic (exact) mass is 301 g/mol. The van der Waals surface area contributed by atoms with Crippen LogP contribution < -0.4 is 10.6 Å². The highest BCUT2D eigenvalue weighted by Gasteiger charge is 2.44. The first-order valence-corrected chi connectivity index (χ1v) is 7.76. The quantitative estimate of drug-likeness (QED) is 0.765. The highest BCUT2D eigenvalue weighted by molar-refractivity contribution is 5.94. The minimum Gasteiger partial charge on any atom is -0.459 e. The lowest BCUT2D eigenvalue weighted by atomic mass is 9.76. The smallest absolute Gasteiger partial charge is 0.341 e. The normalized spacial score (nSPS) is 28.3. The number of hydrogen-bond donors (Lipinski definition) is 2. The van der Waals surface area contributed by atoms with E-state index in [1.165, 1.54) is 5.57 Å². The number of dihydropyridines is 1. The van der Waals surface area contributed by atoms with Gasteiger partial charge in [0.15, 0.2) is 0 Å². The number of allylic oxidation sites excluding steroid dienone is 1. The Kier molecular flexibility index (Phi) is 3.59. The molecule has 118 valence electrons. The number of aliphatic imine (C=N–C) groups is 1. The molecule has 5 heteroatoms. The lowest BCUT2D eigenvalue weighted by Gasteiger charge is -2.30. The summed E-state index contributed by atoms with van der Waals surface area (Å²) < 4.78 is 5.40. The van der Waals surface area contributed by atoms with Crippen molar-refractivity contribution in [3.63, 3.8) is 0 Å². The number of fused-ring (bicyclic) bond motifs is 2. The van der Waals surface area contributed by atoms with Crippen molar-refractivity contribution in [1.29, 1.82) is 0 Å². The fourth-order valence-corrected chi connectivity index (χ4v) is 3.31. The van der Waals surface area contributed by atoms with E-state index in [0.29, 0.717) is 5.57 Å². The fourth-order valence-electron chi connectivity index (χ4n) is 3.31. The molecule has 5 nitrogen and oxygen atoms in total. The molecule has 0 amide bonds. The minimum absolute atomic E-state index is 0.0253. The van der Waals surface area contributed by atoms with Crippen LogP contribution >= 0.6 is 0 Å². The van der Waals surface area contributed by atoms with E-state index in [1.54, 1.807) is 6.20 Å². The van der Waals surface area contributed by atoms with Crippen LogP contribution in [0, 0.1) is 11.3 Å². The molecular weight excluding hydrogens is 278 g/mol. The number of carbonyl (C=O) groups excluding carboxylic acids is 1. The molecular formula is C17H23N3O2. The van der Waals surface area contributed by atoms with E-state index in [9.17, 15) is 4.79 Å². The summed E-state index contributed by atoms with van der Waals surface area (Å²) in [4.78, 5) is 17.0. The van der Waals surface area contributed by atoms with E-state index in [1.807, 2.05) is 26.1 Å². The molecule has 3 aliphatic heterocycles. The van der Waals surface area contributed by atoms with Gasteiger partial charge in [-0.3, -0.25) is 4.99 Å². The van der Waals surface area contributed by atoms with Crippen LogP contribution in [0.4, 0.5) is 0 Å². The van der Waals surface area contributed by atoms with Crippen molar-refractivity contribution < 1.29 is 9.53 Å². The third-order valence-corrected chi connectivity index (χ3v) is 4.24. The van der Waals surface area contributed by atoms with Crippen LogP contribution in [0.3, 0.4) is 0 Å². The second-order valence-electron chi connectivity index (χ2n) is 6.86. The molecule has 0 radical (unpaired) electrons. The van der Waals surface area contributed by atoms with Crippen LogP contribution in [0.25, 0.3) is 0 Å². The summed E-state index contributed by atoms with van der Waals surface area (Å²) in [5.74, 6) is -0.114. The van der Waals surface area contributed by atoms with Gasteiger partial charge < -0.3 is 15.4 Å². The zero-order chi connectivity index (χ0) is 15.9. The predicted molar refractivity (Wildman–Crippen MR) is 86.2 cm³/mol. The van der Waals surface area contributed by atoms with E-state index in [2.05, 4.69) is 35.5 Å². The fraction of sp³-hybridized carbons (Fsp3) is 0.529. The van der Waals surface area contributed by atoms with Gasteiger partial charge in [0.25, 0.3) is 0 Å². The standard InChI is InChI=1S/C17H23N3O2/c1-10(2)22-16(21)12-8-18-9-17(3,4)13-11-6-5-7-19-15(11)20-14(12)13/h5-8,10-11,15,18,20H,9H2,1-4H3. The maximum Gasteiger partial charge on any atom is 0.341 e. The van der Waals surface area contributed by atoms with Crippen molar-refractivity contribution in [3.8, 4) is 0 Å². The van der Waals surface area contributed by atoms with Crippen LogP contribution in [0.15, 0.2) is 40.2 Å². The van der Waals surface area contributed by atoms with Crippen molar-refractivity contribution in [2.75, 3.05) is 6.54 Å². The van der Waals surface area contributed by atoms with Crippen LogP contribution in [0.5, 0.6) is 0 Å². The number of ether oxygens (including phenoxy) is 1. The number of nitrogens with one attached hydrogen (secondary N) is 2. The number of rotatable bonds is 2. The Morgan fingerprint density at radius 3 is 2.95 bits per heavy atom. The summed E-state index contributed by atoms with van der Waals surface area (Å²) in [6.45, 7) is 8.87. The maximum absolute atomic E-state index is 12.5. The van der Waals surface area contributed by atoms with Crippen LogP contribution in [-0.2, 0) is 9.53 Å². The maximum atomic E-state index is 12.5. The number of carbonyl (C=O) groups is 1. The molecule has 2 N–H and O–H groups in total. The van der Waals surface area contributed by atoms with E-state index in [0.717, 1.165) is 12.2 Å². The lowest BCUT2D eigenvalue weighted by molar-refractivity contribution is -0.142. The topological polar surface area (TPSA) is 62.7 Å². The Morgan fingerprint density at radius 1 is 1.45 bits per heavy atom. The molecule has 22 heavy (non-hydrogen) atoms. The van der Waals surface area contributed by atoms with E-state index < -0.39 is 0 Å². The summed E-state index contributed by atoms with van der Waals surface area (Å²) in [6, 6.07) is 0. The molecule has 0 spiro atoms. The second kappa shape index (κ2) is 5.30. The highest BCUT2D eigenvalue weighted by Crippen LogP contribution is 2.44. The third kappa shape index (κ3) is 2.45. The molecule has 0 aromatic carbocycles. The average Bonchev–Trinajstić information content (AvgIpc) is 2.76. The number of hydrogen-bond acceptors (Lipinski definition) is 5. The zero-order valence-electron chi connectivity index (χ0n) is 13.5. The van der Waals surface area contributed by atoms with Gasteiger partial charge in [0.1, 0.15) is 6.17 Å². The molecule has 0 saturated heterocycles. The Labute approximate surface area is 131 Å². The van der Waals surface area contributed by atoms with Gasteiger partial charge >= 0.3 is 5.97 Å². The Hall–Kier alpha value is -2.04. The van der Waals surface area contributed by atoms with Gasteiger partial charge in [-0.1, -0.05) is 19.9 Å². The average molecular weight is 301 g/mol. The van der Waals surface area contributed by atoms with Crippen LogP contribution in [-0.4, -0.2) is 31.0 Å². The van der Waals surface area contributed by atoms with Gasteiger partial charge in [-0.25, -0.2) is 4.79 Å². The third-order valence-electron chi connectivity index (χ3n) is 4.24. The molecule has 0 bridgehead atoms. The number of esters is 1. The molecule has 3 aliphatic rings. The molecule has 0 saturated carbocycles. The lowest BCUT2D eigenvalue weighted by Crippen LogP contribution is -2.33. The summed E-state index contributed by atoms with van der Waals surface area (Å²) in [6.07, 6.45) is 7.54. The molecule has 0 aromatic heterocycles. The molecule has 2 atom stereocenters. The number of nitrogens with zero attached hydrogens (tertiary/aromatic N) is 1. The first-order chi connectivity index (χ1) is 10.4. The van der Waals surface area contributed by atoms with Gasteiger partial charge in [-0.05, 0) is 25.5 Å². The second-order valence-corrected chi connectivity index (χ2v) is 6.86. The Balaban J connectivity index is 2.03. The SMILES string of the molecule is CC(C)OC(=O)C1=CNCC(C)(C)C2=C1NC1N=CC=CC21. The first-order valence-electron chi connectivity index (χ1n) is 7.76. The molecule has 0 aromatic rings. The van der Waals surface area contributed by atoms with Crippen molar-refractivity contribution >= 4 is 12.2 Å². The van der Waals surface area contributed by atoms with Crippen molar-refractivity contribution in [2.24, 2.45) is 16.3 Å². The highest BCUT2D eigenvalue weighted by atomic mass is 16.5. The van der Waals surface area contributed by atoms with E-state index in [4.69, 9.17) is 4.74 Å². The van der Waals surface area contributed by atoms with Crippen LogP contribution in [0.1, 0.15) is 27.7 Å². The van der Waals surface area contributed by atoms with Crippen LogP contribution in [0.2, 0.25) is 0 Å². The largest absolute Gasteiger partial charge is 0.459 e. The summed E-state index contributed by atoms with van der Waals surface area (Å²) in [5.41, 5.74) is 2.59. The molecule has 3 heterocycles. The van der Waals surface area contributed by atoms with Gasteiger partial charge in [0.2, 0.25) is 0 Å². The van der Waals surface area contributed by atoms with Crippen molar-refractivity contribution in [2.45, 2.75) is 40.0 Å². The molecule has 0 fully saturated rings. The predicted octanol–water partition coefficient (Wildman–Crippen LogP) is 1.89. The Morgan fingerprint density at radius 2 is 2.23 bits per heavy atom. The van der Waals surface area contributed by atoms with Crippen molar-refractivity contribution in [1.82, 2.24) is 10.6 Å².